The van der Waals surface area contributed by atoms with Crippen LogP contribution < -0.4 is 14.2 Å². The average molecular weight is 614 g/mol. The third-order valence-electron chi connectivity index (χ3n) is 9.99. The monoisotopic (exact) mass is 613 g/mol. The second-order valence-electron chi connectivity index (χ2n) is 12.8. The molecule has 7 heteroatoms. The fourth-order valence-electron chi connectivity index (χ4n) is 7.00. The molecule has 45 heavy (non-hydrogen) atoms. The SMILES string of the molecule is C=C(C(=O)N1C(=O)C(CC)(CC)[C@@H]1Oc1ccc(C(=O)/C2=C\CCCC(C)CCC2)cc1)[C@H](CCC)c1ccc2c(c1)OCO2. The minimum absolute atomic E-state index is 0.0602. The highest BCUT2D eigenvalue weighted by Crippen LogP contribution is 2.48. The number of fused-ring (bicyclic) bond motifs is 1. The molecule has 1 aliphatic carbocycles. The van der Waals surface area contributed by atoms with Crippen LogP contribution in [0.5, 0.6) is 17.2 Å². The Morgan fingerprint density at radius 1 is 1.02 bits per heavy atom. The van der Waals surface area contributed by atoms with E-state index in [1.54, 1.807) is 24.3 Å². The largest absolute Gasteiger partial charge is 0.469 e. The molecule has 7 nitrogen and oxygen atoms in total. The minimum atomic E-state index is -0.817. The van der Waals surface area contributed by atoms with Gasteiger partial charge in [-0.1, -0.05) is 65.7 Å². The van der Waals surface area contributed by atoms with E-state index in [-0.39, 0.29) is 24.4 Å². The van der Waals surface area contributed by atoms with Crippen molar-refractivity contribution in [2.45, 2.75) is 104 Å². The second kappa shape index (κ2) is 14.1. The van der Waals surface area contributed by atoms with Gasteiger partial charge in [0.15, 0.2) is 23.5 Å². The number of nitrogens with zero attached hydrogens (tertiary/aromatic N) is 1. The van der Waals surface area contributed by atoms with E-state index in [2.05, 4.69) is 26.5 Å². The van der Waals surface area contributed by atoms with Gasteiger partial charge in [-0.05, 0) is 98.4 Å². The van der Waals surface area contributed by atoms with Gasteiger partial charge in [0.05, 0.1) is 0 Å². The van der Waals surface area contributed by atoms with Crippen LogP contribution in [0.15, 0.2) is 66.3 Å². The van der Waals surface area contributed by atoms with Crippen LogP contribution in [0, 0.1) is 11.3 Å². The zero-order valence-electron chi connectivity index (χ0n) is 27.2. The summed E-state index contributed by atoms with van der Waals surface area (Å²) in [6, 6.07) is 12.8. The number of amides is 2. The van der Waals surface area contributed by atoms with Gasteiger partial charge in [0.2, 0.25) is 12.7 Å². The molecule has 2 aromatic carbocycles. The van der Waals surface area contributed by atoms with Crippen molar-refractivity contribution >= 4 is 17.6 Å². The Bertz CT molecular complexity index is 1450. The lowest BCUT2D eigenvalue weighted by molar-refractivity contribution is -0.203. The van der Waals surface area contributed by atoms with Crippen molar-refractivity contribution in [3.63, 3.8) is 0 Å². The number of hydrogen-bond donors (Lipinski definition) is 0. The smallest absolute Gasteiger partial charge is 0.259 e. The van der Waals surface area contributed by atoms with Crippen molar-refractivity contribution in [2.24, 2.45) is 11.3 Å². The highest BCUT2D eigenvalue weighted by molar-refractivity contribution is 6.10. The normalized spacial score (nSPS) is 22.6. The van der Waals surface area contributed by atoms with Gasteiger partial charge in [0.25, 0.3) is 5.91 Å². The van der Waals surface area contributed by atoms with Gasteiger partial charge in [-0.15, -0.1) is 0 Å². The van der Waals surface area contributed by atoms with E-state index < -0.39 is 17.6 Å². The molecule has 0 N–H and O–H groups in total. The maximum absolute atomic E-state index is 14.0. The summed E-state index contributed by atoms with van der Waals surface area (Å²) < 4.78 is 17.5. The molecule has 0 aromatic heterocycles. The highest BCUT2D eigenvalue weighted by Gasteiger charge is 2.63. The van der Waals surface area contributed by atoms with Crippen LogP contribution in [-0.2, 0) is 9.59 Å². The molecule has 2 aliphatic heterocycles. The number of allylic oxidation sites excluding steroid dienone is 2. The second-order valence-corrected chi connectivity index (χ2v) is 12.8. The molecule has 240 valence electrons. The van der Waals surface area contributed by atoms with Gasteiger partial charge in [-0.2, -0.15) is 0 Å². The Morgan fingerprint density at radius 3 is 2.44 bits per heavy atom. The van der Waals surface area contributed by atoms with Crippen molar-refractivity contribution < 1.29 is 28.6 Å². The van der Waals surface area contributed by atoms with Crippen LogP contribution in [0.3, 0.4) is 0 Å². The molecule has 3 aliphatic rings. The molecular weight excluding hydrogens is 566 g/mol. The standard InChI is InChI=1S/C38H47NO6/c1-6-12-31(29-19-22-32-33(23-29)44-24-43-32)26(5)35(41)39-36(42)38(7-2,8-3)37(39)45-30-20-17-28(18-21-30)34(40)27-15-10-9-13-25(4)14-11-16-27/h15,17-23,25,31,37H,5-14,16,24H2,1-4H3/b27-15-/t25?,31-,37-/m0/s1. The van der Waals surface area contributed by atoms with Gasteiger partial charge in [-0.3, -0.25) is 14.4 Å². The van der Waals surface area contributed by atoms with E-state index in [0.717, 1.165) is 49.7 Å². The molecule has 2 heterocycles. The van der Waals surface area contributed by atoms with Gasteiger partial charge >= 0.3 is 0 Å². The van der Waals surface area contributed by atoms with Gasteiger partial charge in [-0.25, -0.2) is 4.90 Å². The molecule has 0 radical (unpaired) electrons. The molecule has 0 spiro atoms. The van der Waals surface area contributed by atoms with Gasteiger partial charge < -0.3 is 14.2 Å². The Kier molecular flexibility index (Phi) is 10.2. The lowest BCUT2D eigenvalue weighted by Crippen LogP contribution is -2.72. The van der Waals surface area contributed by atoms with Crippen LogP contribution in [0.4, 0.5) is 0 Å². The number of carbonyl (C=O) groups excluding carboxylic acids is 3. The number of ether oxygens (including phenoxy) is 3. The Hall–Kier alpha value is -3.87. The number of imide groups is 1. The summed E-state index contributed by atoms with van der Waals surface area (Å²) in [4.78, 5) is 42.3. The first-order valence-electron chi connectivity index (χ1n) is 16.7. The fourth-order valence-corrected chi connectivity index (χ4v) is 7.00. The Balaban J connectivity index is 1.34. The summed E-state index contributed by atoms with van der Waals surface area (Å²) in [6.45, 7) is 12.6. The third-order valence-corrected chi connectivity index (χ3v) is 9.99. The first-order chi connectivity index (χ1) is 21.7. The number of hydrogen-bond acceptors (Lipinski definition) is 6. The summed E-state index contributed by atoms with van der Waals surface area (Å²) in [5.74, 6) is 1.64. The van der Waals surface area contributed by atoms with E-state index in [1.807, 2.05) is 32.0 Å². The van der Waals surface area contributed by atoms with E-state index in [9.17, 15) is 14.4 Å². The number of rotatable bonds is 11. The molecule has 1 fully saturated rings. The van der Waals surface area contributed by atoms with Crippen LogP contribution in [0.2, 0.25) is 0 Å². The van der Waals surface area contributed by atoms with Crippen LogP contribution in [0.25, 0.3) is 0 Å². The maximum Gasteiger partial charge on any atom is 0.259 e. The van der Waals surface area contributed by atoms with Crippen LogP contribution >= 0.6 is 0 Å². The Labute approximate surface area is 267 Å². The van der Waals surface area contributed by atoms with E-state index in [4.69, 9.17) is 14.2 Å². The van der Waals surface area contributed by atoms with Crippen molar-refractivity contribution in [2.75, 3.05) is 6.79 Å². The lowest BCUT2D eigenvalue weighted by Gasteiger charge is -2.53. The number of β-lactam (4-membered cyclic amide) rings is 1. The maximum atomic E-state index is 14.0. The first-order valence-corrected chi connectivity index (χ1v) is 16.7. The first kappa shape index (κ1) is 32.5. The summed E-state index contributed by atoms with van der Waals surface area (Å²) in [7, 11) is 0. The number of benzene rings is 2. The zero-order valence-corrected chi connectivity index (χ0v) is 27.2. The number of Topliss-reactive ketones (excluding diaryl/α,β-unsaturated/α-hetero) is 1. The summed E-state index contributed by atoms with van der Waals surface area (Å²) in [5, 5.41) is 0. The molecule has 1 saturated heterocycles. The van der Waals surface area contributed by atoms with Crippen molar-refractivity contribution in [1.29, 1.82) is 0 Å². The zero-order chi connectivity index (χ0) is 32.1. The van der Waals surface area contributed by atoms with Crippen molar-refractivity contribution in [3.8, 4) is 17.2 Å². The van der Waals surface area contributed by atoms with Crippen molar-refractivity contribution in [3.05, 3.63) is 77.4 Å². The van der Waals surface area contributed by atoms with Gasteiger partial charge in [0.1, 0.15) is 11.2 Å². The average Bonchev–Trinajstić information content (AvgIpc) is 3.56. The summed E-state index contributed by atoms with van der Waals surface area (Å²) >= 11 is 0. The number of likely N-dealkylation sites (tertiary alicyclic amines) is 1. The minimum Gasteiger partial charge on any atom is -0.469 e. The highest BCUT2D eigenvalue weighted by atomic mass is 16.7. The number of carbonyl (C=O) groups is 3. The van der Waals surface area contributed by atoms with E-state index >= 15 is 0 Å². The third kappa shape index (κ3) is 6.45. The van der Waals surface area contributed by atoms with E-state index in [1.165, 1.54) is 11.3 Å². The quantitative estimate of drug-likeness (QED) is 0.144. The van der Waals surface area contributed by atoms with Crippen molar-refractivity contribution in [1.82, 2.24) is 4.90 Å². The molecule has 1 unspecified atom stereocenters. The predicted octanol–water partition coefficient (Wildman–Crippen LogP) is 8.53. The molecule has 5 rings (SSSR count). The molecule has 3 atom stereocenters. The number of ketones is 1. The van der Waals surface area contributed by atoms with E-state index in [0.29, 0.717) is 53.6 Å². The summed E-state index contributed by atoms with van der Waals surface area (Å²) in [6.07, 6.45) is 10.1. The van der Waals surface area contributed by atoms with Crippen LogP contribution in [0.1, 0.15) is 114 Å². The molecule has 2 aromatic rings. The van der Waals surface area contributed by atoms with Crippen LogP contribution in [-0.4, -0.2) is 35.5 Å². The topological polar surface area (TPSA) is 82.1 Å². The molecular formula is C38H47NO6. The molecule has 0 saturated carbocycles. The summed E-state index contributed by atoms with van der Waals surface area (Å²) in [5.41, 5.74) is 1.93. The predicted molar refractivity (Wildman–Crippen MR) is 174 cm³/mol. The fraction of sp³-hybridized carbons (Fsp3) is 0.500. The molecule has 0 bridgehead atoms. The molecule has 2 amide bonds. The van der Waals surface area contributed by atoms with Gasteiger partial charge in [0, 0.05) is 17.1 Å². The Morgan fingerprint density at radius 2 is 1.73 bits per heavy atom. The lowest BCUT2D eigenvalue weighted by atomic mass is 9.71.